The summed E-state index contributed by atoms with van der Waals surface area (Å²) in [4.78, 5) is 16.3. The predicted octanol–water partition coefficient (Wildman–Crippen LogP) is 3.73. The average molecular weight is 375 g/mol. The third-order valence-electron chi connectivity index (χ3n) is 2.69. The first-order valence-electron chi connectivity index (χ1n) is 6.00. The molecule has 0 aliphatic rings. The normalized spacial score (nSPS) is 11.9. The van der Waals surface area contributed by atoms with Gasteiger partial charge in [-0.15, -0.1) is 0 Å². The van der Waals surface area contributed by atoms with E-state index in [0.717, 1.165) is 6.07 Å². The molecule has 0 atom stereocenters. The number of alkyl halides is 3. The number of aromatic nitrogens is 2. The van der Waals surface area contributed by atoms with Crippen molar-refractivity contribution in [1.82, 2.24) is 9.97 Å². The van der Waals surface area contributed by atoms with Gasteiger partial charge in [0.05, 0.1) is 17.3 Å². The summed E-state index contributed by atoms with van der Waals surface area (Å²) in [5, 5.41) is 0. The fraction of sp³-hybridized carbons (Fsp3) is 0.143. The van der Waals surface area contributed by atoms with Crippen LogP contribution in [0.3, 0.4) is 0 Å². The van der Waals surface area contributed by atoms with Crippen molar-refractivity contribution in [2.45, 2.75) is 6.18 Å². The van der Waals surface area contributed by atoms with Crippen molar-refractivity contribution < 1.29 is 17.9 Å². The molecule has 1 heterocycles. The van der Waals surface area contributed by atoms with Gasteiger partial charge in [0, 0.05) is 0 Å². The number of hydrogen-bond acceptors (Lipinski definition) is 3. The number of ether oxygens (including phenoxy) is 1. The summed E-state index contributed by atoms with van der Waals surface area (Å²) in [6, 6.07) is 5.93. The van der Waals surface area contributed by atoms with E-state index in [1.165, 1.54) is 13.2 Å². The second-order valence-electron chi connectivity index (χ2n) is 4.25. The van der Waals surface area contributed by atoms with E-state index in [9.17, 15) is 18.0 Å². The maximum atomic E-state index is 12.6. The fourth-order valence-electron chi connectivity index (χ4n) is 1.68. The van der Waals surface area contributed by atoms with Crippen LogP contribution in [0.25, 0.3) is 12.2 Å². The van der Waals surface area contributed by atoms with Crippen molar-refractivity contribution in [2.24, 2.45) is 0 Å². The van der Waals surface area contributed by atoms with Gasteiger partial charge in [0.2, 0.25) is 0 Å². The van der Waals surface area contributed by atoms with Crippen LogP contribution in [0.2, 0.25) is 0 Å². The zero-order valence-electron chi connectivity index (χ0n) is 11.2. The standard InChI is InChI=1S/C14H10BrF3N2O2/c1-22-11-5-3-8(6-10(11)15)2-4-9-7-12(14(16,17)18)20-13(21)19-9/h2-7H,1H3,(H,19,20,21)/b4-2+. The minimum absolute atomic E-state index is 0.0805. The second-order valence-corrected chi connectivity index (χ2v) is 5.10. The number of halogens is 4. The Morgan fingerprint density at radius 3 is 2.59 bits per heavy atom. The molecule has 0 saturated heterocycles. The maximum absolute atomic E-state index is 12.6. The molecule has 4 nitrogen and oxygen atoms in total. The molecule has 0 bridgehead atoms. The van der Waals surface area contributed by atoms with Gasteiger partial charge in [0.25, 0.3) is 0 Å². The van der Waals surface area contributed by atoms with Crippen molar-refractivity contribution in [1.29, 1.82) is 0 Å². The highest BCUT2D eigenvalue weighted by molar-refractivity contribution is 9.10. The number of nitrogens with one attached hydrogen (secondary N) is 1. The van der Waals surface area contributed by atoms with Crippen LogP contribution in [0.1, 0.15) is 17.0 Å². The number of methoxy groups -OCH3 is 1. The third-order valence-corrected chi connectivity index (χ3v) is 3.31. The largest absolute Gasteiger partial charge is 0.496 e. The first-order chi connectivity index (χ1) is 10.3. The van der Waals surface area contributed by atoms with Gasteiger partial charge in [-0.2, -0.15) is 18.2 Å². The van der Waals surface area contributed by atoms with Crippen LogP contribution in [0.15, 0.2) is 33.5 Å². The molecule has 0 saturated carbocycles. The molecule has 22 heavy (non-hydrogen) atoms. The Morgan fingerprint density at radius 2 is 2.00 bits per heavy atom. The number of nitrogens with zero attached hydrogens (tertiary/aromatic N) is 1. The van der Waals surface area contributed by atoms with Crippen molar-refractivity contribution in [2.75, 3.05) is 7.11 Å². The quantitative estimate of drug-likeness (QED) is 0.890. The molecule has 0 aliphatic carbocycles. The molecule has 0 unspecified atom stereocenters. The molecule has 0 fully saturated rings. The average Bonchev–Trinajstić information content (AvgIpc) is 2.44. The molecule has 0 aliphatic heterocycles. The van der Waals surface area contributed by atoms with Crippen LogP contribution in [0, 0.1) is 0 Å². The van der Waals surface area contributed by atoms with Gasteiger partial charge in [-0.05, 0) is 45.8 Å². The predicted molar refractivity (Wildman–Crippen MR) is 79.5 cm³/mol. The SMILES string of the molecule is COc1ccc(/C=C/c2cc(C(F)(F)F)[nH]c(=O)n2)cc1Br. The van der Waals surface area contributed by atoms with E-state index in [1.807, 2.05) is 0 Å². The lowest BCUT2D eigenvalue weighted by atomic mass is 10.2. The van der Waals surface area contributed by atoms with Gasteiger partial charge in [0.1, 0.15) is 11.4 Å². The van der Waals surface area contributed by atoms with Gasteiger partial charge in [-0.25, -0.2) is 4.79 Å². The van der Waals surface area contributed by atoms with E-state index in [4.69, 9.17) is 4.74 Å². The Bertz CT molecular complexity index is 769. The summed E-state index contributed by atoms with van der Waals surface area (Å²) in [6.07, 6.45) is -1.75. The molecule has 2 aromatic rings. The number of benzene rings is 1. The number of hydrogen-bond donors (Lipinski definition) is 1. The van der Waals surface area contributed by atoms with E-state index in [0.29, 0.717) is 15.8 Å². The molecular weight excluding hydrogens is 365 g/mol. The van der Waals surface area contributed by atoms with Gasteiger partial charge >= 0.3 is 11.9 Å². The van der Waals surface area contributed by atoms with Crippen molar-refractivity contribution in [3.05, 3.63) is 56.2 Å². The van der Waals surface area contributed by atoms with Gasteiger partial charge in [-0.3, -0.25) is 0 Å². The van der Waals surface area contributed by atoms with E-state index < -0.39 is 17.6 Å². The summed E-state index contributed by atoms with van der Waals surface area (Å²) in [5.41, 5.74) is -1.56. The Labute approximate surface area is 131 Å². The van der Waals surface area contributed by atoms with Crippen LogP contribution in [-0.4, -0.2) is 17.1 Å². The van der Waals surface area contributed by atoms with Crippen LogP contribution in [0.4, 0.5) is 13.2 Å². The molecule has 116 valence electrons. The first kappa shape index (κ1) is 16.3. The lowest BCUT2D eigenvalue weighted by Gasteiger charge is -2.06. The van der Waals surface area contributed by atoms with E-state index in [-0.39, 0.29) is 5.69 Å². The number of rotatable bonds is 3. The van der Waals surface area contributed by atoms with Crippen LogP contribution < -0.4 is 10.4 Å². The highest BCUT2D eigenvalue weighted by atomic mass is 79.9. The summed E-state index contributed by atoms with van der Waals surface area (Å²) >= 11 is 3.30. The monoisotopic (exact) mass is 374 g/mol. The summed E-state index contributed by atoms with van der Waals surface area (Å²) in [5.74, 6) is 0.630. The molecule has 1 aromatic heterocycles. The maximum Gasteiger partial charge on any atom is 0.431 e. The van der Waals surface area contributed by atoms with Crippen LogP contribution in [0.5, 0.6) is 5.75 Å². The van der Waals surface area contributed by atoms with Crippen molar-refractivity contribution in [3.8, 4) is 5.75 Å². The second kappa shape index (κ2) is 6.35. The smallest absolute Gasteiger partial charge is 0.431 e. The molecule has 1 N–H and O–H groups in total. The Hall–Kier alpha value is -2.09. The lowest BCUT2D eigenvalue weighted by Crippen LogP contribution is -2.19. The van der Waals surface area contributed by atoms with Gasteiger partial charge in [0.15, 0.2) is 0 Å². The number of aromatic amines is 1. The summed E-state index contributed by atoms with van der Waals surface area (Å²) < 4.78 is 43.6. The molecule has 2 rings (SSSR count). The zero-order chi connectivity index (χ0) is 16.3. The Kier molecular flexibility index (Phi) is 4.70. The minimum Gasteiger partial charge on any atom is -0.496 e. The molecule has 0 spiro atoms. The van der Waals surface area contributed by atoms with Crippen molar-refractivity contribution in [3.63, 3.8) is 0 Å². The van der Waals surface area contributed by atoms with E-state index in [2.05, 4.69) is 20.9 Å². The lowest BCUT2D eigenvalue weighted by molar-refractivity contribution is -0.141. The van der Waals surface area contributed by atoms with Crippen molar-refractivity contribution >= 4 is 28.1 Å². The molecular formula is C14H10BrF3N2O2. The minimum atomic E-state index is -4.63. The highest BCUT2D eigenvalue weighted by Gasteiger charge is 2.32. The zero-order valence-corrected chi connectivity index (χ0v) is 12.8. The molecule has 1 aromatic carbocycles. The van der Waals surface area contributed by atoms with Crippen LogP contribution in [-0.2, 0) is 6.18 Å². The fourth-order valence-corrected chi connectivity index (χ4v) is 2.24. The number of H-pyrrole nitrogens is 1. The van der Waals surface area contributed by atoms with Gasteiger partial charge in [-0.1, -0.05) is 12.1 Å². The molecule has 0 radical (unpaired) electrons. The Morgan fingerprint density at radius 1 is 1.27 bits per heavy atom. The highest BCUT2D eigenvalue weighted by Crippen LogP contribution is 2.28. The summed E-state index contributed by atoms with van der Waals surface area (Å²) in [6.45, 7) is 0. The van der Waals surface area contributed by atoms with E-state index >= 15 is 0 Å². The molecule has 8 heteroatoms. The van der Waals surface area contributed by atoms with Crippen LogP contribution >= 0.6 is 15.9 Å². The first-order valence-corrected chi connectivity index (χ1v) is 6.79. The third kappa shape index (κ3) is 3.97. The van der Waals surface area contributed by atoms with E-state index in [1.54, 1.807) is 29.3 Å². The Balaban J connectivity index is 2.32. The van der Waals surface area contributed by atoms with Gasteiger partial charge < -0.3 is 9.72 Å². The summed E-state index contributed by atoms with van der Waals surface area (Å²) in [7, 11) is 1.52. The topological polar surface area (TPSA) is 55.0 Å². The molecule has 0 amide bonds.